The summed E-state index contributed by atoms with van der Waals surface area (Å²) in [5.74, 6) is 0.690. The molecule has 21 heavy (non-hydrogen) atoms. The highest BCUT2D eigenvalue weighted by molar-refractivity contribution is 8.13. The second-order valence-corrected chi connectivity index (χ2v) is 8.17. The Bertz CT molecular complexity index is 589. The Kier molecular flexibility index (Phi) is 5.52. The van der Waals surface area contributed by atoms with E-state index in [-0.39, 0.29) is 4.90 Å². The van der Waals surface area contributed by atoms with Gasteiger partial charge in [-0.3, -0.25) is 0 Å². The predicted molar refractivity (Wildman–Crippen MR) is 84.6 cm³/mol. The van der Waals surface area contributed by atoms with Gasteiger partial charge in [0.25, 0.3) is 9.05 Å². The molecule has 1 aliphatic rings. The molecule has 118 valence electrons. The number of aryl methyl sites for hydroxylation is 1. The van der Waals surface area contributed by atoms with E-state index in [4.69, 9.17) is 15.4 Å². The molecular weight excluding hydrogens is 310 g/mol. The Morgan fingerprint density at radius 2 is 2.14 bits per heavy atom. The maximum atomic E-state index is 11.3. The largest absolute Gasteiger partial charge is 0.494 e. The maximum Gasteiger partial charge on any atom is 0.261 e. The molecule has 1 aromatic rings. The minimum absolute atomic E-state index is 0.142. The zero-order valence-corrected chi connectivity index (χ0v) is 14.1. The molecule has 1 saturated heterocycles. The molecule has 0 aliphatic carbocycles. The third-order valence-corrected chi connectivity index (χ3v) is 5.53. The van der Waals surface area contributed by atoms with Gasteiger partial charge < -0.3 is 9.64 Å². The third-order valence-electron chi connectivity index (χ3n) is 4.05. The fourth-order valence-corrected chi connectivity index (χ4v) is 4.00. The summed E-state index contributed by atoms with van der Waals surface area (Å²) in [6.07, 6.45) is 4.78. The van der Waals surface area contributed by atoms with E-state index in [0.29, 0.717) is 24.0 Å². The lowest BCUT2D eigenvalue weighted by Gasteiger charge is -2.32. The molecule has 1 fully saturated rings. The van der Waals surface area contributed by atoms with Crippen LogP contribution in [0.3, 0.4) is 0 Å². The lowest BCUT2D eigenvalue weighted by Crippen LogP contribution is -2.37. The van der Waals surface area contributed by atoms with Gasteiger partial charge in [0, 0.05) is 16.7 Å². The van der Waals surface area contributed by atoms with Gasteiger partial charge in [-0.1, -0.05) is 6.42 Å². The van der Waals surface area contributed by atoms with Crippen molar-refractivity contribution in [2.45, 2.75) is 43.5 Å². The van der Waals surface area contributed by atoms with E-state index in [9.17, 15) is 8.42 Å². The standard InChI is InChI=1S/C15H22ClNO3S/c1-12-11-14(6-7-15(12)21(16,18)19)20-10-8-13-5-3-4-9-17(13)2/h6-7,11,13H,3-5,8-10H2,1-2H3. The van der Waals surface area contributed by atoms with Gasteiger partial charge in [0.05, 0.1) is 11.5 Å². The molecule has 1 aromatic carbocycles. The van der Waals surface area contributed by atoms with Crippen molar-refractivity contribution >= 4 is 19.7 Å². The normalized spacial score (nSPS) is 20.4. The van der Waals surface area contributed by atoms with Gasteiger partial charge >= 0.3 is 0 Å². The molecule has 0 saturated carbocycles. The molecule has 6 heteroatoms. The highest BCUT2D eigenvalue weighted by Crippen LogP contribution is 2.24. The van der Waals surface area contributed by atoms with Crippen molar-refractivity contribution in [3.8, 4) is 5.75 Å². The van der Waals surface area contributed by atoms with Crippen LogP contribution in [0.5, 0.6) is 5.75 Å². The van der Waals surface area contributed by atoms with Crippen molar-refractivity contribution in [2.75, 3.05) is 20.2 Å². The summed E-state index contributed by atoms with van der Waals surface area (Å²) in [5.41, 5.74) is 0.609. The third kappa shape index (κ3) is 4.59. The van der Waals surface area contributed by atoms with Crippen molar-refractivity contribution in [1.82, 2.24) is 4.90 Å². The molecule has 0 aromatic heterocycles. The quantitative estimate of drug-likeness (QED) is 0.777. The number of hydrogen-bond donors (Lipinski definition) is 0. The number of ether oxygens (including phenoxy) is 1. The fourth-order valence-electron chi connectivity index (χ4n) is 2.81. The number of benzene rings is 1. The topological polar surface area (TPSA) is 46.6 Å². The summed E-state index contributed by atoms with van der Waals surface area (Å²) >= 11 is 0. The second kappa shape index (κ2) is 6.99. The first-order chi connectivity index (χ1) is 9.88. The molecule has 0 bridgehead atoms. The molecule has 2 rings (SSSR count). The van der Waals surface area contributed by atoms with E-state index in [1.807, 2.05) is 0 Å². The molecule has 1 aliphatic heterocycles. The van der Waals surface area contributed by atoms with Gasteiger partial charge in [-0.25, -0.2) is 8.42 Å². The molecule has 1 atom stereocenters. The summed E-state index contributed by atoms with van der Waals surface area (Å²) in [4.78, 5) is 2.53. The highest BCUT2D eigenvalue weighted by atomic mass is 35.7. The maximum absolute atomic E-state index is 11.3. The zero-order valence-electron chi connectivity index (χ0n) is 12.5. The van der Waals surface area contributed by atoms with Crippen LogP contribution in [-0.4, -0.2) is 39.6 Å². The summed E-state index contributed by atoms with van der Waals surface area (Å²) in [6.45, 7) is 3.52. The van der Waals surface area contributed by atoms with Crippen molar-refractivity contribution in [1.29, 1.82) is 0 Å². The molecule has 0 amide bonds. The lowest BCUT2D eigenvalue weighted by molar-refractivity contribution is 0.153. The molecule has 1 heterocycles. The van der Waals surface area contributed by atoms with Crippen LogP contribution in [0.15, 0.2) is 23.1 Å². The monoisotopic (exact) mass is 331 g/mol. The molecule has 1 unspecified atom stereocenters. The Morgan fingerprint density at radius 1 is 1.38 bits per heavy atom. The number of likely N-dealkylation sites (tertiary alicyclic amines) is 1. The van der Waals surface area contributed by atoms with Crippen LogP contribution in [-0.2, 0) is 9.05 Å². The molecule has 0 N–H and O–H groups in total. The van der Waals surface area contributed by atoms with Gasteiger partial charge in [-0.2, -0.15) is 0 Å². The van der Waals surface area contributed by atoms with E-state index in [1.54, 1.807) is 19.1 Å². The molecule has 4 nitrogen and oxygen atoms in total. The average Bonchev–Trinajstić information content (AvgIpc) is 2.39. The van der Waals surface area contributed by atoms with Crippen molar-refractivity contribution in [3.05, 3.63) is 23.8 Å². The summed E-state index contributed by atoms with van der Waals surface area (Å²) in [7, 11) is 3.84. The Labute approximate surface area is 131 Å². The fraction of sp³-hybridized carbons (Fsp3) is 0.600. The molecular formula is C15H22ClNO3S. The SMILES string of the molecule is Cc1cc(OCCC2CCCCN2C)ccc1S(=O)(=O)Cl. The van der Waals surface area contributed by atoms with Gasteiger partial charge in [0.1, 0.15) is 5.75 Å². The first kappa shape index (κ1) is 16.6. The summed E-state index contributed by atoms with van der Waals surface area (Å²) in [6, 6.07) is 5.47. The predicted octanol–water partition coefficient (Wildman–Crippen LogP) is 3.18. The van der Waals surface area contributed by atoms with Crippen LogP contribution in [0.25, 0.3) is 0 Å². The second-order valence-electron chi connectivity index (χ2n) is 5.63. The van der Waals surface area contributed by atoms with Crippen LogP contribution < -0.4 is 4.74 Å². The Morgan fingerprint density at radius 3 is 2.76 bits per heavy atom. The van der Waals surface area contributed by atoms with Gasteiger partial charge in [0.2, 0.25) is 0 Å². The van der Waals surface area contributed by atoms with Gasteiger partial charge in [-0.15, -0.1) is 0 Å². The van der Waals surface area contributed by atoms with Gasteiger partial charge in [-0.05, 0) is 63.5 Å². The van der Waals surface area contributed by atoms with E-state index in [1.165, 1.54) is 25.3 Å². The highest BCUT2D eigenvalue weighted by Gasteiger charge is 2.18. The van der Waals surface area contributed by atoms with E-state index >= 15 is 0 Å². The molecule has 0 radical (unpaired) electrons. The summed E-state index contributed by atoms with van der Waals surface area (Å²) in [5, 5.41) is 0. The minimum Gasteiger partial charge on any atom is -0.494 e. The number of nitrogens with zero attached hydrogens (tertiary/aromatic N) is 1. The number of piperidine rings is 1. The van der Waals surface area contributed by atoms with Gasteiger partial charge in [0.15, 0.2) is 0 Å². The smallest absolute Gasteiger partial charge is 0.261 e. The lowest BCUT2D eigenvalue weighted by atomic mass is 10.0. The van der Waals surface area contributed by atoms with Crippen molar-refractivity contribution in [2.24, 2.45) is 0 Å². The number of halogens is 1. The van der Waals surface area contributed by atoms with E-state index in [0.717, 1.165) is 13.0 Å². The Balaban J connectivity index is 1.90. The van der Waals surface area contributed by atoms with E-state index < -0.39 is 9.05 Å². The van der Waals surface area contributed by atoms with Crippen LogP contribution >= 0.6 is 10.7 Å². The van der Waals surface area contributed by atoms with Crippen molar-refractivity contribution < 1.29 is 13.2 Å². The average molecular weight is 332 g/mol. The zero-order chi connectivity index (χ0) is 15.5. The first-order valence-corrected chi connectivity index (χ1v) is 9.57. The van der Waals surface area contributed by atoms with Crippen LogP contribution in [0.4, 0.5) is 0 Å². The first-order valence-electron chi connectivity index (χ1n) is 7.26. The molecule has 0 spiro atoms. The van der Waals surface area contributed by atoms with Crippen LogP contribution in [0.2, 0.25) is 0 Å². The Hall–Kier alpha value is -0.780. The minimum atomic E-state index is -3.69. The number of hydrogen-bond acceptors (Lipinski definition) is 4. The van der Waals surface area contributed by atoms with E-state index in [2.05, 4.69) is 11.9 Å². The van der Waals surface area contributed by atoms with Crippen molar-refractivity contribution in [3.63, 3.8) is 0 Å². The summed E-state index contributed by atoms with van der Waals surface area (Å²) < 4.78 is 28.4. The number of rotatable bonds is 5. The van der Waals surface area contributed by atoms with Crippen LogP contribution in [0, 0.1) is 6.92 Å². The van der Waals surface area contributed by atoms with Crippen LogP contribution in [0.1, 0.15) is 31.2 Å².